The van der Waals surface area contributed by atoms with Crippen molar-refractivity contribution < 1.29 is 19.4 Å². The number of nitrogens with zero attached hydrogens (tertiary/aromatic N) is 5. The second kappa shape index (κ2) is 11.8. The van der Waals surface area contributed by atoms with E-state index < -0.39 is 0 Å². The minimum Gasteiger partial charge on any atom is -0.497 e. The summed E-state index contributed by atoms with van der Waals surface area (Å²) in [6.45, 7) is 3.66. The molecule has 10 heteroatoms. The number of aliphatic hydroxyl groups is 1. The quantitative estimate of drug-likeness (QED) is 0.368. The number of nitrogens with two attached hydrogens (primary N) is 1. The van der Waals surface area contributed by atoms with E-state index >= 15 is 0 Å². The summed E-state index contributed by atoms with van der Waals surface area (Å²) in [6, 6.07) is 5.54. The van der Waals surface area contributed by atoms with Crippen molar-refractivity contribution in [3.05, 3.63) is 54.0 Å². The number of nitrogen functional groups attached to an aromatic ring is 1. The number of aliphatic hydroxyl groups excluding tert-OH is 1. The summed E-state index contributed by atoms with van der Waals surface area (Å²) in [7, 11) is 3.20. The Bertz CT molecular complexity index is 1410. The third-order valence-corrected chi connectivity index (χ3v) is 7.38. The van der Waals surface area contributed by atoms with E-state index in [0.29, 0.717) is 41.4 Å². The fraction of sp³-hybridized carbons (Fsp3) is 0.414. The molecule has 1 aromatic carbocycles. The fourth-order valence-corrected chi connectivity index (χ4v) is 5.18. The average Bonchev–Trinajstić information content (AvgIpc) is 3.59. The van der Waals surface area contributed by atoms with Crippen molar-refractivity contribution in [3.63, 3.8) is 0 Å². The molecule has 2 saturated heterocycles. The Balaban J connectivity index is 1.33. The molecule has 10 nitrogen and oxygen atoms in total. The summed E-state index contributed by atoms with van der Waals surface area (Å²) in [5.74, 6) is 8.10. The second-order valence-electron chi connectivity index (χ2n) is 9.92. The number of piperidine rings is 1. The number of hydrogen-bond acceptors (Lipinski definition) is 8. The maximum atomic E-state index is 12.9. The zero-order valence-electron chi connectivity index (χ0n) is 22.3. The molecular formula is C29H34N6O4. The summed E-state index contributed by atoms with van der Waals surface area (Å²) in [5, 5.41) is 10.4. The highest BCUT2D eigenvalue weighted by Gasteiger charge is 2.28. The molecule has 0 radical (unpaired) electrons. The van der Waals surface area contributed by atoms with Gasteiger partial charge in [0.25, 0.3) is 0 Å². The maximum absolute atomic E-state index is 12.9. The number of likely N-dealkylation sites (tertiary alicyclic amines) is 2. The number of ether oxygens (including phenoxy) is 2. The molecule has 3 aromatic rings. The number of amides is 1. The fourth-order valence-electron chi connectivity index (χ4n) is 5.18. The molecule has 4 heterocycles. The van der Waals surface area contributed by atoms with Gasteiger partial charge < -0.3 is 29.8 Å². The van der Waals surface area contributed by atoms with Gasteiger partial charge in [0.2, 0.25) is 5.91 Å². The van der Waals surface area contributed by atoms with Crippen molar-refractivity contribution >= 4 is 22.8 Å². The van der Waals surface area contributed by atoms with Crippen LogP contribution in [0.5, 0.6) is 11.5 Å². The van der Waals surface area contributed by atoms with Gasteiger partial charge in [0.1, 0.15) is 29.3 Å². The molecule has 3 N–H and O–H groups in total. The van der Waals surface area contributed by atoms with Gasteiger partial charge in [-0.15, -0.1) is 0 Å². The highest BCUT2D eigenvalue weighted by Crippen LogP contribution is 2.31. The molecule has 39 heavy (non-hydrogen) atoms. The minimum atomic E-state index is -0.198. The lowest BCUT2D eigenvalue weighted by Gasteiger charge is -2.28. The first kappa shape index (κ1) is 26.5. The second-order valence-corrected chi connectivity index (χ2v) is 9.92. The van der Waals surface area contributed by atoms with Crippen molar-refractivity contribution in [2.75, 3.05) is 52.7 Å². The summed E-state index contributed by atoms with van der Waals surface area (Å²) >= 11 is 0. The molecule has 0 bridgehead atoms. The van der Waals surface area contributed by atoms with Crippen LogP contribution in [-0.4, -0.2) is 88.4 Å². The minimum absolute atomic E-state index is 0.00660. The first-order valence-electron chi connectivity index (χ1n) is 13.2. The van der Waals surface area contributed by atoms with E-state index in [1.807, 2.05) is 29.3 Å². The van der Waals surface area contributed by atoms with E-state index in [1.54, 1.807) is 26.4 Å². The van der Waals surface area contributed by atoms with Gasteiger partial charge in [-0.25, -0.2) is 9.97 Å². The number of carbonyl (C=O) groups is 1. The lowest BCUT2D eigenvalue weighted by molar-refractivity contribution is -0.125. The van der Waals surface area contributed by atoms with E-state index in [4.69, 9.17) is 15.2 Å². The van der Waals surface area contributed by atoms with Crippen molar-refractivity contribution in [1.29, 1.82) is 0 Å². The Morgan fingerprint density at radius 2 is 1.85 bits per heavy atom. The van der Waals surface area contributed by atoms with Gasteiger partial charge in [0.05, 0.1) is 37.3 Å². The topological polar surface area (TPSA) is 119 Å². The molecule has 2 fully saturated rings. The number of anilines is 1. The first-order valence-corrected chi connectivity index (χ1v) is 13.2. The summed E-state index contributed by atoms with van der Waals surface area (Å²) in [5.41, 5.74) is 8.44. The summed E-state index contributed by atoms with van der Waals surface area (Å²) < 4.78 is 12.8. The molecule has 5 rings (SSSR count). The van der Waals surface area contributed by atoms with Gasteiger partial charge >= 0.3 is 0 Å². The predicted octanol–water partition coefficient (Wildman–Crippen LogP) is 2.22. The maximum Gasteiger partial charge on any atom is 0.246 e. The number of carbonyl (C=O) groups excluding carboxylic acids is 1. The van der Waals surface area contributed by atoms with Gasteiger partial charge in [0.15, 0.2) is 0 Å². The Labute approximate surface area is 228 Å². The zero-order chi connectivity index (χ0) is 27.4. The molecule has 1 atom stereocenters. The molecule has 0 aliphatic carbocycles. The molecule has 204 valence electrons. The van der Waals surface area contributed by atoms with Crippen LogP contribution in [0.1, 0.15) is 36.4 Å². The molecule has 2 aliphatic heterocycles. The Hall–Kier alpha value is -4.07. The first-order chi connectivity index (χ1) is 18.9. The van der Waals surface area contributed by atoms with E-state index in [0.717, 1.165) is 50.0 Å². The molecule has 2 aliphatic rings. The normalized spacial score (nSPS) is 18.4. The largest absolute Gasteiger partial charge is 0.497 e. The Morgan fingerprint density at radius 3 is 2.56 bits per heavy atom. The Morgan fingerprint density at radius 1 is 1.10 bits per heavy atom. The number of aromatic nitrogens is 3. The van der Waals surface area contributed by atoms with Crippen LogP contribution in [0.15, 0.2) is 42.9 Å². The smallest absolute Gasteiger partial charge is 0.246 e. The third-order valence-electron chi connectivity index (χ3n) is 7.38. The SMILES string of the molecule is COc1cc(C#Cc2cn(C3CCN(C(=O)/C=C/CN4CCC(O)CC4)C3)c3ncnc(N)c23)cc(OC)c1. The van der Waals surface area contributed by atoms with Crippen LogP contribution < -0.4 is 15.2 Å². The van der Waals surface area contributed by atoms with E-state index in [-0.39, 0.29) is 18.1 Å². The molecule has 1 unspecified atom stereocenters. The number of benzene rings is 1. The van der Waals surface area contributed by atoms with E-state index in [1.165, 1.54) is 6.33 Å². The van der Waals surface area contributed by atoms with Crippen LogP contribution in [0.2, 0.25) is 0 Å². The predicted molar refractivity (Wildman–Crippen MR) is 149 cm³/mol. The van der Waals surface area contributed by atoms with Gasteiger partial charge in [-0.2, -0.15) is 0 Å². The third kappa shape index (κ3) is 6.00. The highest BCUT2D eigenvalue weighted by atomic mass is 16.5. The van der Waals surface area contributed by atoms with Crippen molar-refractivity contribution in [2.24, 2.45) is 0 Å². The summed E-state index contributed by atoms with van der Waals surface area (Å²) in [6.07, 6.45) is 9.18. The van der Waals surface area contributed by atoms with Crippen LogP contribution >= 0.6 is 0 Å². The molecule has 2 aromatic heterocycles. The van der Waals surface area contributed by atoms with Crippen LogP contribution in [0.4, 0.5) is 5.82 Å². The number of methoxy groups -OCH3 is 2. The molecule has 1 amide bonds. The number of rotatable bonds is 6. The van der Waals surface area contributed by atoms with Crippen molar-refractivity contribution in [2.45, 2.75) is 31.4 Å². The van der Waals surface area contributed by atoms with Crippen molar-refractivity contribution in [1.82, 2.24) is 24.3 Å². The van der Waals surface area contributed by atoms with E-state index in [9.17, 15) is 9.90 Å². The van der Waals surface area contributed by atoms with Gasteiger partial charge in [-0.1, -0.05) is 17.9 Å². The van der Waals surface area contributed by atoms with Crippen LogP contribution in [0.25, 0.3) is 11.0 Å². The lowest BCUT2D eigenvalue weighted by atomic mass is 10.1. The van der Waals surface area contributed by atoms with Crippen molar-refractivity contribution in [3.8, 4) is 23.3 Å². The molecular weight excluding hydrogens is 496 g/mol. The number of hydrogen-bond donors (Lipinski definition) is 2. The van der Waals surface area contributed by atoms with Gasteiger partial charge in [-0.05, 0) is 31.4 Å². The van der Waals surface area contributed by atoms with Crippen LogP contribution in [0.3, 0.4) is 0 Å². The number of fused-ring (bicyclic) bond motifs is 1. The zero-order valence-corrected chi connectivity index (χ0v) is 22.3. The Kier molecular flexibility index (Phi) is 8.00. The monoisotopic (exact) mass is 530 g/mol. The lowest BCUT2D eigenvalue weighted by Crippen LogP contribution is -2.36. The standard InChI is InChI=1S/C29H34N6O4/c1-38-24-14-20(15-25(16-24)39-2)5-6-21-17-35(29-27(21)28(30)31-19-32-29)22-7-13-34(18-22)26(37)4-3-10-33-11-8-23(36)9-12-33/h3-4,14-17,19,22-23,36H,7-13,18H2,1-2H3,(H2,30,31,32)/b4-3+. The van der Waals surface area contributed by atoms with Crippen LogP contribution in [0, 0.1) is 11.8 Å². The molecule has 0 saturated carbocycles. The van der Waals surface area contributed by atoms with Gasteiger partial charge in [-0.3, -0.25) is 9.69 Å². The molecule has 0 spiro atoms. The van der Waals surface area contributed by atoms with Gasteiger partial charge in [0, 0.05) is 56.6 Å². The average molecular weight is 531 g/mol. The van der Waals surface area contributed by atoms with E-state index in [2.05, 4.69) is 31.3 Å². The summed E-state index contributed by atoms with van der Waals surface area (Å²) in [4.78, 5) is 25.7. The van der Waals surface area contributed by atoms with Crippen LogP contribution in [-0.2, 0) is 4.79 Å². The highest BCUT2D eigenvalue weighted by molar-refractivity contribution is 5.92.